The van der Waals surface area contributed by atoms with Crippen LogP contribution in [0.15, 0.2) is 48.5 Å². The topological polar surface area (TPSA) is 56.4 Å². The number of benzene rings is 2. The maximum Gasteiger partial charge on any atom is 0.254 e. The molecule has 0 bridgehead atoms. The fourth-order valence-corrected chi connectivity index (χ4v) is 5.43. The molecule has 2 fully saturated rings. The highest BCUT2D eigenvalue weighted by molar-refractivity contribution is 6.02. The number of aromatic amines is 1. The zero-order chi connectivity index (χ0) is 21.6. The van der Waals surface area contributed by atoms with E-state index < -0.39 is 5.54 Å². The molecule has 1 spiro atoms. The Bertz CT molecular complexity index is 1150. The number of hydrogen-bond donors (Lipinski definition) is 1. The van der Waals surface area contributed by atoms with Crippen LogP contribution >= 0.6 is 0 Å². The maximum atomic E-state index is 13.7. The second-order valence-electron chi connectivity index (χ2n) is 9.04. The predicted molar refractivity (Wildman–Crippen MR) is 122 cm³/mol. The van der Waals surface area contributed by atoms with Gasteiger partial charge in [-0.15, -0.1) is 0 Å². The maximum absolute atomic E-state index is 13.7. The number of H-pyrrole nitrogens is 1. The quantitative estimate of drug-likeness (QED) is 0.681. The molecule has 2 saturated heterocycles. The molecule has 2 amide bonds. The Balaban J connectivity index is 1.44. The third kappa shape index (κ3) is 3.23. The van der Waals surface area contributed by atoms with Gasteiger partial charge in [-0.1, -0.05) is 30.3 Å². The molecular formula is C26H29N3O2. The van der Waals surface area contributed by atoms with E-state index in [0.717, 1.165) is 54.4 Å². The Kier molecular flexibility index (Phi) is 4.84. The number of hydrogen-bond acceptors (Lipinski definition) is 2. The summed E-state index contributed by atoms with van der Waals surface area (Å²) in [6.07, 6.45) is 3.32. The molecule has 0 radical (unpaired) electrons. The molecule has 1 aromatic heterocycles. The van der Waals surface area contributed by atoms with E-state index >= 15 is 0 Å². The number of carbonyl (C=O) groups excluding carboxylic acids is 2. The number of likely N-dealkylation sites (tertiary alicyclic amines) is 2. The van der Waals surface area contributed by atoms with Gasteiger partial charge in [0.05, 0.1) is 0 Å². The Morgan fingerprint density at radius 3 is 2.55 bits per heavy atom. The average molecular weight is 416 g/mol. The first-order chi connectivity index (χ1) is 15.0. The van der Waals surface area contributed by atoms with Crippen molar-refractivity contribution in [3.05, 3.63) is 70.9 Å². The van der Waals surface area contributed by atoms with Crippen LogP contribution < -0.4 is 0 Å². The molecule has 2 aliphatic heterocycles. The highest BCUT2D eigenvalue weighted by Crippen LogP contribution is 2.40. The minimum absolute atomic E-state index is 0.0208. The number of nitrogens with one attached hydrogen (secondary N) is 1. The van der Waals surface area contributed by atoms with Crippen molar-refractivity contribution in [1.82, 2.24) is 14.8 Å². The molecule has 1 atom stereocenters. The smallest absolute Gasteiger partial charge is 0.254 e. The van der Waals surface area contributed by atoms with Crippen molar-refractivity contribution in [3.63, 3.8) is 0 Å². The normalized spacial score (nSPS) is 21.4. The van der Waals surface area contributed by atoms with E-state index in [1.54, 1.807) is 0 Å². The molecule has 2 aliphatic rings. The molecule has 31 heavy (non-hydrogen) atoms. The van der Waals surface area contributed by atoms with Crippen LogP contribution in [0.4, 0.5) is 0 Å². The van der Waals surface area contributed by atoms with Gasteiger partial charge in [-0.2, -0.15) is 0 Å². The molecule has 0 saturated carbocycles. The summed E-state index contributed by atoms with van der Waals surface area (Å²) in [7, 11) is 0. The van der Waals surface area contributed by atoms with Crippen LogP contribution in [-0.2, 0) is 11.3 Å². The SMILES string of the molecule is Cc1[nH]c2ccc(C(=O)N3CCCC34CCCN(Cc3ccccc3)C4=O)cc2c1C. The zero-order valence-corrected chi connectivity index (χ0v) is 18.3. The van der Waals surface area contributed by atoms with Gasteiger partial charge in [-0.3, -0.25) is 9.59 Å². The van der Waals surface area contributed by atoms with E-state index in [1.165, 1.54) is 5.56 Å². The van der Waals surface area contributed by atoms with Crippen LogP contribution in [0.3, 0.4) is 0 Å². The Labute approximate surface area is 183 Å². The average Bonchev–Trinajstić information content (AvgIpc) is 3.33. The minimum atomic E-state index is -0.692. The van der Waals surface area contributed by atoms with Crippen molar-refractivity contribution in [3.8, 4) is 0 Å². The number of piperidine rings is 1. The van der Waals surface area contributed by atoms with Crippen molar-refractivity contribution in [1.29, 1.82) is 0 Å². The fraction of sp³-hybridized carbons (Fsp3) is 0.385. The lowest BCUT2D eigenvalue weighted by molar-refractivity contribution is -0.146. The van der Waals surface area contributed by atoms with E-state index in [0.29, 0.717) is 18.7 Å². The molecule has 0 aliphatic carbocycles. The third-order valence-electron chi connectivity index (χ3n) is 7.21. The number of amides is 2. The summed E-state index contributed by atoms with van der Waals surface area (Å²) in [4.78, 5) is 34.5. The summed E-state index contributed by atoms with van der Waals surface area (Å²) in [6.45, 7) is 6.13. The summed E-state index contributed by atoms with van der Waals surface area (Å²) < 4.78 is 0. The molecule has 160 valence electrons. The van der Waals surface area contributed by atoms with Gasteiger partial charge in [0, 0.05) is 41.8 Å². The first-order valence-electron chi connectivity index (χ1n) is 11.2. The number of aryl methyl sites for hydroxylation is 2. The lowest BCUT2D eigenvalue weighted by atomic mass is 9.84. The highest BCUT2D eigenvalue weighted by Gasteiger charge is 2.52. The van der Waals surface area contributed by atoms with Crippen LogP contribution in [0.2, 0.25) is 0 Å². The Morgan fingerprint density at radius 1 is 1.03 bits per heavy atom. The second kappa shape index (κ2) is 7.56. The summed E-state index contributed by atoms with van der Waals surface area (Å²) in [5.74, 6) is 0.0933. The lowest BCUT2D eigenvalue weighted by Crippen LogP contribution is -2.61. The number of nitrogens with zero attached hydrogens (tertiary/aromatic N) is 2. The van der Waals surface area contributed by atoms with Crippen molar-refractivity contribution >= 4 is 22.7 Å². The van der Waals surface area contributed by atoms with Crippen molar-refractivity contribution in [2.75, 3.05) is 13.1 Å². The van der Waals surface area contributed by atoms with Gasteiger partial charge in [0.25, 0.3) is 5.91 Å². The number of aromatic nitrogens is 1. The van der Waals surface area contributed by atoms with Crippen molar-refractivity contribution in [2.45, 2.75) is 51.6 Å². The van der Waals surface area contributed by atoms with Crippen molar-refractivity contribution < 1.29 is 9.59 Å². The first kappa shape index (κ1) is 19.9. The molecule has 1 N–H and O–H groups in total. The van der Waals surface area contributed by atoms with Gasteiger partial charge in [-0.05, 0) is 68.9 Å². The molecule has 1 unspecified atom stereocenters. The molecule has 5 nitrogen and oxygen atoms in total. The lowest BCUT2D eigenvalue weighted by Gasteiger charge is -2.44. The number of carbonyl (C=O) groups is 2. The van der Waals surface area contributed by atoms with E-state index in [-0.39, 0.29) is 11.8 Å². The Hall–Kier alpha value is -3.08. The van der Waals surface area contributed by atoms with Gasteiger partial charge in [-0.25, -0.2) is 0 Å². The van der Waals surface area contributed by atoms with Crippen LogP contribution in [-0.4, -0.2) is 45.2 Å². The van der Waals surface area contributed by atoms with Crippen LogP contribution in [0.1, 0.15) is 52.9 Å². The van der Waals surface area contributed by atoms with E-state index in [1.807, 2.05) is 53.1 Å². The van der Waals surface area contributed by atoms with Gasteiger partial charge in [0.2, 0.25) is 5.91 Å². The van der Waals surface area contributed by atoms with Crippen LogP contribution in [0, 0.1) is 13.8 Å². The van der Waals surface area contributed by atoms with Gasteiger partial charge in [0.15, 0.2) is 0 Å². The molecular weight excluding hydrogens is 386 g/mol. The third-order valence-corrected chi connectivity index (χ3v) is 7.21. The molecule has 5 heteroatoms. The van der Waals surface area contributed by atoms with E-state index in [9.17, 15) is 9.59 Å². The number of rotatable bonds is 3. The van der Waals surface area contributed by atoms with Crippen LogP contribution in [0.5, 0.6) is 0 Å². The summed E-state index contributed by atoms with van der Waals surface area (Å²) in [6, 6.07) is 16.0. The van der Waals surface area contributed by atoms with Crippen molar-refractivity contribution in [2.24, 2.45) is 0 Å². The largest absolute Gasteiger partial charge is 0.358 e. The molecule has 5 rings (SSSR count). The first-order valence-corrected chi connectivity index (χ1v) is 11.2. The predicted octanol–water partition coefficient (Wildman–Crippen LogP) is 4.58. The summed E-state index contributed by atoms with van der Waals surface area (Å²) in [5.41, 5.74) is 4.45. The molecule has 3 heterocycles. The number of fused-ring (bicyclic) bond motifs is 1. The monoisotopic (exact) mass is 415 g/mol. The summed E-state index contributed by atoms with van der Waals surface area (Å²) >= 11 is 0. The van der Waals surface area contributed by atoms with E-state index in [2.05, 4.69) is 24.0 Å². The highest BCUT2D eigenvalue weighted by atomic mass is 16.2. The van der Waals surface area contributed by atoms with Gasteiger partial charge in [0.1, 0.15) is 5.54 Å². The minimum Gasteiger partial charge on any atom is -0.358 e. The molecule has 2 aromatic carbocycles. The summed E-state index contributed by atoms with van der Waals surface area (Å²) in [5, 5.41) is 1.08. The zero-order valence-electron chi connectivity index (χ0n) is 18.3. The van der Waals surface area contributed by atoms with E-state index in [4.69, 9.17) is 0 Å². The van der Waals surface area contributed by atoms with Gasteiger partial charge < -0.3 is 14.8 Å². The Morgan fingerprint density at radius 2 is 1.77 bits per heavy atom. The second-order valence-corrected chi connectivity index (χ2v) is 9.04. The van der Waals surface area contributed by atoms with Crippen LogP contribution in [0.25, 0.3) is 10.9 Å². The molecule has 3 aromatic rings. The standard InChI is InChI=1S/C26H29N3O2/c1-18-19(2)27-23-11-10-21(16-22(18)23)24(30)29-15-7-13-26(29)12-6-14-28(25(26)31)17-20-8-4-3-5-9-20/h3-5,8-11,16,27H,6-7,12-15,17H2,1-2H3. The fourth-order valence-electron chi connectivity index (χ4n) is 5.43. The van der Waals surface area contributed by atoms with Gasteiger partial charge >= 0.3 is 0 Å².